The third kappa shape index (κ3) is 3.77. The second-order valence-corrected chi connectivity index (χ2v) is 4.51. The summed E-state index contributed by atoms with van der Waals surface area (Å²) in [4.78, 5) is 11.1. The minimum atomic E-state index is -1.01. The van der Waals surface area contributed by atoms with Crippen molar-refractivity contribution in [2.75, 3.05) is 6.61 Å². The molecule has 0 bridgehead atoms. The number of ether oxygens (including phenoxy) is 1. The summed E-state index contributed by atoms with van der Waals surface area (Å²) in [5.41, 5.74) is -1.33. The lowest BCUT2D eigenvalue weighted by molar-refractivity contribution is -0.152. The average molecular weight is 188 g/mol. The molecule has 0 aliphatic rings. The van der Waals surface area contributed by atoms with Gasteiger partial charge in [-0.05, 0) is 19.3 Å². The quantitative estimate of drug-likeness (QED) is 0.686. The van der Waals surface area contributed by atoms with Gasteiger partial charge < -0.3 is 9.84 Å². The molecule has 78 valence electrons. The van der Waals surface area contributed by atoms with Gasteiger partial charge in [0.1, 0.15) is 0 Å². The Morgan fingerprint density at radius 1 is 1.31 bits per heavy atom. The molecular weight excluding hydrogens is 168 g/mol. The number of aliphatic hydroxyl groups is 1. The summed E-state index contributed by atoms with van der Waals surface area (Å²) in [6.45, 7) is 9.46. The van der Waals surface area contributed by atoms with Crippen LogP contribution in [0.1, 0.15) is 41.0 Å². The highest BCUT2D eigenvalue weighted by atomic mass is 16.5. The molecule has 0 aliphatic heterocycles. The van der Waals surface area contributed by atoms with Crippen molar-refractivity contribution in [3.8, 4) is 0 Å². The van der Waals surface area contributed by atoms with Crippen molar-refractivity contribution < 1.29 is 14.6 Å². The molecule has 0 unspecified atom stereocenters. The summed E-state index contributed by atoms with van der Waals surface area (Å²) in [5, 5.41) is 9.95. The maximum Gasteiger partial charge on any atom is 0.308 e. The lowest BCUT2D eigenvalue weighted by atomic mass is 9.76. The largest absolute Gasteiger partial charge is 0.466 e. The molecule has 1 atom stereocenters. The zero-order chi connectivity index (χ0) is 10.7. The van der Waals surface area contributed by atoms with E-state index in [9.17, 15) is 9.90 Å². The van der Waals surface area contributed by atoms with E-state index in [2.05, 4.69) is 0 Å². The van der Waals surface area contributed by atoms with Gasteiger partial charge in [-0.15, -0.1) is 0 Å². The zero-order valence-corrected chi connectivity index (χ0v) is 9.18. The normalized spacial score (nSPS) is 16.5. The van der Waals surface area contributed by atoms with Crippen LogP contribution in [0.2, 0.25) is 0 Å². The van der Waals surface area contributed by atoms with E-state index in [1.807, 2.05) is 20.8 Å². The molecular formula is C10H20O3. The first-order chi connectivity index (χ1) is 5.70. The Kier molecular flexibility index (Phi) is 3.91. The minimum absolute atomic E-state index is 0.0460. The van der Waals surface area contributed by atoms with Gasteiger partial charge in [-0.2, -0.15) is 0 Å². The third-order valence-electron chi connectivity index (χ3n) is 2.41. The third-order valence-corrected chi connectivity index (χ3v) is 2.41. The fourth-order valence-electron chi connectivity index (χ4n) is 0.758. The van der Waals surface area contributed by atoms with Crippen molar-refractivity contribution in [3.05, 3.63) is 0 Å². The number of carbonyl (C=O) groups excluding carboxylic acids is 1. The molecule has 0 fully saturated rings. The maximum absolute atomic E-state index is 11.1. The van der Waals surface area contributed by atoms with Gasteiger partial charge in [0.25, 0.3) is 0 Å². The molecule has 0 aromatic carbocycles. The van der Waals surface area contributed by atoms with Crippen molar-refractivity contribution in [1.29, 1.82) is 0 Å². The standard InChI is InChI=1S/C10H20O3/c1-6-13-8(11)7-10(5,12)9(2,3)4/h12H,6-7H2,1-5H3/t10-/m0/s1. The minimum Gasteiger partial charge on any atom is -0.466 e. The van der Waals surface area contributed by atoms with E-state index in [1.54, 1.807) is 13.8 Å². The van der Waals surface area contributed by atoms with Crippen LogP contribution >= 0.6 is 0 Å². The van der Waals surface area contributed by atoms with Gasteiger partial charge in [-0.1, -0.05) is 20.8 Å². The number of rotatable bonds is 3. The highest BCUT2D eigenvalue weighted by molar-refractivity contribution is 5.70. The SMILES string of the molecule is CCOC(=O)C[C@](C)(O)C(C)(C)C. The molecule has 0 aromatic heterocycles. The van der Waals surface area contributed by atoms with E-state index in [1.165, 1.54) is 0 Å². The van der Waals surface area contributed by atoms with E-state index >= 15 is 0 Å². The summed E-state index contributed by atoms with van der Waals surface area (Å²) in [6, 6.07) is 0. The summed E-state index contributed by atoms with van der Waals surface area (Å²) in [7, 11) is 0. The first kappa shape index (κ1) is 12.4. The van der Waals surface area contributed by atoms with Crippen LogP contribution in [0, 0.1) is 5.41 Å². The molecule has 0 radical (unpaired) electrons. The first-order valence-corrected chi connectivity index (χ1v) is 4.58. The first-order valence-electron chi connectivity index (χ1n) is 4.58. The van der Waals surface area contributed by atoms with Crippen LogP contribution in [0.25, 0.3) is 0 Å². The summed E-state index contributed by atoms with van der Waals surface area (Å²) in [6.07, 6.45) is 0.0460. The van der Waals surface area contributed by atoms with E-state index < -0.39 is 5.60 Å². The van der Waals surface area contributed by atoms with Crippen LogP contribution in [-0.4, -0.2) is 23.3 Å². The number of esters is 1. The van der Waals surface area contributed by atoms with Gasteiger partial charge in [0.2, 0.25) is 0 Å². The highest BCUT2D eigenvalue weighted by Gasteiger charge is 2.37. The fourth-order valence-corrected chi connectivity index (χ4v) is 0.758. The molecule has 0 heterocycles. The van der Waals surface area contributed by atoms with Gasteiger partial charge in [0, 0.05) is 0 Å². The monoisotopic (exact) mass is 188 g/mol. The molecule has 3 nitrogen and oxygen atoms in total. The molecule has 0 spiro atoms. The Balaban J connectivity index is 4.26. The number of carbonyl (C=O) groups is 1. The van der Waals surface area contributed by atoms with E-state index in [0.29, 0.717) is 6.61 Å². The Morgan fingerprint density at radius 2 is 1.77 bits per heavy atom. The van der Waals surface area contributed by atoms with Gasteiger partial charge in [0.05, 0.1) is 18.6 Å². The lowest BCUT2D eigenvalue weighted by Crippen LogP contribution is -2.42. The van der Waals surface area contributed by atoms with E-state index in [-0.39, 0.29) is 17.8 Å². The summed E-state index contributed by atoms with van der Waals surface area (Å²) >= 11 is 0. The average Bonchev–Trinajstić information content (AvgIpc) is 1.83. The second kappa shape index (κ2) is 4.09. The molecule has 0 rings (SSSR count). The molecule has 13 heavy (non-hydrogen) atoms. The molecule has 0 amide bonds. The number of hydrogen-bond acceptors (Lipinski definition) is 3. The Labute approximate surface area is 80.1 Å². The van der Waals surface area contributed by atoms with Crippen molar-refractivity contribution in [1.82, 2.24) is 0 Å². The van der Waals surface area contributed by atoms with Crippen molar-refractivity contribution in [2.24, 2.45) is 5.41 Å². The van der Waals surface area contributed by atoms with Crippen molar-refractivity contribution in [2.45, 2.75) is 46.6 Å². The summed E-state index contributed by atoms with van der Waals surface area (Å²) in [5.74, 6) is -0.345. The smallest absolute Gasteiger partial charge is 0.308 e. The van der Waals surface area contributed by atoms with Crippen LogP contribution < -0.4 is 0 Å². The molecule has 0 aliphatic carbocycles. The van der Waals surface area contributed by atoms with E-state index in [4.69, 9.17) is 4.74 Å². The maximum atomic E-state index is 11.1. The Morgan fingerprint density at radius 3 is 2.08 bits per heavy atom. The molecule has 1 N–H and O–H groups in total. The van der Waals surface area contributed by atoms with Crippen LogP contribution in [0.3, 0.4) is 0 Å². The highest BCUT2D eigenvalue weighted by Crippen LogP contribution is 2.32. The predicted octanol–water partition coefficient (Wildman–Crippen LogP) is 1.74. The molecule has 3 heteroatoms. The van der Waals surface area contributed by atoms with Crippen molar-refractivity contribution in [3.63, 3.8) is 0 Å². The van der Waals surface area contributed by atoms with Gasteiger partial charge in [0.15, 0.2) is 0 Å². The lowest BCUT2D eigenvalue weighted by Gasteiger charge is -2.36. The van der Waals surface area contributed by atoms with Crippen LogP contribution in [0.4, 0.5) is 0 Å². The number of hydrogen-bond donors (Lipinski definition) is 1. The van der Waals surface area contributed by atoms with Crippen LogP contribution in [0.15, 0.2) is 0 Å². The molecule has 0 saturated heterocycles. The molecule has 0 saturated carbocycles. The zero-order valence-electron chi connectivity index (χ0n) is 9.18. The van der Waals surface area contributed by atoms with Crippen LogP contribution in [-0.2, 0) is 9.53 Å². The fraction of sp³-hybridized carbons (Fsp3) is 0.900. The van der Waals surface area contributed by atoms with Gasteiger partial charge >= 0.3 is 5.97 Å². The molecule has 0 aromatic rings. The Hall–Kier alpha value is -0.570. The van der Waals surface area contributed by atoms with E-state index in [0.717, 1.165) is 0 Å². The predicted molar refractivity (Wildman–Crippen MR) is 51.3 cm³/mol. The topological polar surface area (TPSA) is 46.5 Å². The second-order valence-electron chi connectivity index (χ2n) is 4.51. The van der Waals surface area contributed by atoms with Crippen molar-refractivity contribution >= 4 is 5.97 Å². The van der Waals surface area contributed by atoms with Gasteiger partial charge in [-0.3, -0.25) is 4.79 Å². The Bertz CT molecular complexity index is 177. The summed E-state index contributed by atoms with van der Waals surface area (Å²) < 4.78 is 4.77. The van der Waals surface area contributed by atoms with Crippen LogP contribution in [0.5, 0.6) is 0 Å². The van der Waals surface area contributed by atoms with Gasteiger partial charge in [-0.25, -0.2) is 0 Å².